The average molecular weight is 176 g/mol. The number of nitrogens with one attached hydrogen (secondary N) is 1. The first kappa shape index (κ1) is 9.78. The summed E-state index contributed by atoms with van der Waals surface area (Å²) in [5.41, 5.74) is 6.58. The topological polar surface area (TPSA) is 49.9 Å². The fourth-order valence-corrected chi connectivity index (χ4v) is 1.50. The van der Waals surface area contributed by atoms with E-state index in [9.17, 15) is 0 Å². The van der Waals surface area contributed by atoms with Gasteiger partial charge in [-0.25, -0.2) is 0 Å². The minimum Gasteiger partial charge on any atom is -0.388 e. The minimum absolute atomic E-state index is 0.274. The second-order valence-electron chi connectivity index (χ2n) is 3.29. The van der Waals surface area contributed by atoms with Gasteiger partial charge in [0.1, 0.15) is 0 Å². The van der Waals surface area contributed by atoms with Crippen LogP contribution in [0.2, 0.25) is 0 Å². The molecular formula is C11H16N2. The number of hydrogen-bond acceptors (Lipinski definition) is 1. The Labute approximate surface area is 79.3 Å². The summed E-state index contributed by atoms with van der Waals surface area (Å²) < 4.78 is 0. The molecule has 0 aromatic carbocycles. The van der Waals surface area contributed by atoms with Crippen molar-refractivity contribution in [3.8, 4) is 0 Å². The van der Waals surface area contributed by atoms with E-state index in [2.05, 4.69) is 24.3 Å². The normalized spacial score (nSPS) is 21.9. The van der Waals surface area contributed by atoms with Gasteiger partial charge in [-0.1, -0.05) is 30.4 Å². The molecule has 13 heavy (non-hydrogen) atoms. The highest BCUT2D eigenvalue weighted by Gasteiger charge is 2.08. The molecular weight excluding hydrogens is 160 g/mol. The SMILES string of the molecule is C/C=C\C1=CC(CC(=N)N)CC=C1. The summed E-state index contributed by atoms with van der Waals surface area (Å²) >= 11 is 0. The van der Waals surface area contributed by atoms with Gasteiger partial charge in [-0.05, 0) is 24.8 Å². The number of rotatable bonds is 3. The molecule has 0 aromatic rings. The Bertz CT molecular complexity index is 268. The molecule has 2 heteroatoms. The Hall–Kier alpha value is -1.31. The second kappa shape index (κ2) is 4.65. The van der Waals surface area contributed by atoms with E-state index in [1.165, 1.54) is 5.57 Å². The highest BCUT2D eigenvalue weighted by Crippen LogP contribution is 2.20. The van der Waals surface area contributed by atoms with Gasteiger partial charge in [-0.2, -0.15) is 0 Å². The predicted molar refractivity (Wildman–Crippen MR) is 56.7 cm³/mol. The van der Waals surface area contributed by atoms with Gasteiger partial charge in [0.2, 0.25) is 0 Å². The van der Waals surface area contributed by atoms with Gasteiger partial charge >= 0.3 is 0 Å². The molecule has 0 saturated carbocycles. The summed E-state index contributed by atoms with van der Waals surface area (Å²) in [5.74, 6) is 0.685. The molecule has 0 amide bonds. The van der Waals surface area contributed by atoms with Crippen LogP contribution in [0.5, 0.6) is 0 Å². The van der Waals surface area contributed by atoms with Crippen molar-refractivity contribution in [3.63, 3.8) is 0 Å². The molecule has 0 heterocycles. The number of amidine groups is 1. The number of hydrogen-bond donors (Lipinski definition) is 2. The Balaban J connectivity index is 2.61. The monoisotopic (exact) mass is 176 g/mol. The number of allylic oxidation sites excluding steroid dienone is 6. The number of nitrogens with two attached hydrogens (primary N) is 1. The lowest BCUT2D eigenvalue weighted by Crippen LogP contribution is -2.15. The van der Waals surface area contributed by atoms with Gasteiger partial charge < -0.3 is 5.73 Å². The van der Waals surface area contributed by atoms with E-state index in [0.717, 1.165) is 6.42 Å². The van der Waals surface area contributed by atoms with Gasteiger partial charge in [0.05, 0.1) is 5.84 Å². The van der Waals surface area contributed by atoms with Crippen molar-refractivity contribution in [3.05, 3.63) is 36.0 Å². The van der Waals surface area contributed by atoms with E-state index >= 15 is 0 Å². The summed E-state index contributed by atoms with van der Waals surface area (Å²) in [6.45, 7) is 2.00. The molecule has 0 saturated heterocycles. The Kier molecular flexibility index (Phi) is 3.50. The largest absolute Gasteiger partial charge is 0.388 e. The molecule has 1 aliphatic rings. The quantitative estimate of drug-likeness (QED) is 0.503. The molecule has 1 unspecified atom stereocenters. The second-order valence-corrected chi connectivity index (χ2v) is 3.29. The predicted octanol–water partition coefficient (Wildman–Crippen LogP) is 2.39. The maximum atomic E-state index is 7.20. The summed E-state index contributed by atoms with van der Waals surface area (Å²) in [7, 11) is 0. The van der Waals surface area contributed by atoms with Gasteiger partial charge in [0.15, 0.2) is 0 Å². The Morgan fingerprint density at radius 1 is 1.77 bits per heavy atom. The highest BCUT2D eigenvalue weighted by atomic mass is 14.7. The van der Waals surface area contributed by atoms with Crippen LogP contribution in [0.3, 0.4) is 0 Å². The van der Waals surface area contributed by atoms with Gasteiger partial charge in [-0.15, -0.1) is 0 Å². The standard InChI is InChI=1S/C11H16N2/c1-2-4-9-5-3-6-10(7-9)8-11(12)13/h2-5,7,10H,6,8H2,1H3,(H3,12,13)/b4-2-. The van der Waals surface area contributed by atoms with E-state index < -0.39 is 0 Å². The molecule has 0 aromatic heterocycles. The third kappa shape index (κ3) is 3.28. The van der Waals surface area contributed by atoms with Gasteiger partial charge in [-0.3, -0.25) is 5.41 Å². The molecule has 0 fully saturated rings. The van der Waals surface area contributed by atoms with Crippen molar-refractivity contribution >= 4 is 5.84 Å². The van der Waals surface area contributed by atoms with Crippen LogP contribution in [-0.2, 0) is 0 Å². The fraction of sp³-hybridized carbons (Fsp3) is 0.364. The molecule has 2 nitrogen and oxygen atoms in total. The van der Waals surface area contributed by atoms with E-state index in [4.69, 9.17) is 11.1 Å². The van der Waals surface area contributed by atoms with Crippen LogP contribution >= 0.6 is 0 Å². The van der Waals surface area contributed by atoms with Crippen molar-refractivity contribution in [2.75, 3.05) is 0 Å². The van der Waals surface area contributed by atoms with E-state index in [-0.39, 0.29) is 5.84 Å². The van der Waals surface area contributed by atoms with Crippen LogP contribution in [0.25, 0.3) is 0 Å². The zero-order valence-corrected chi connectivity index (χ0v) is 7.96. The van der Waals surface area contributed by atoms with Gasteiger partial charge in [0, 0.05) is 6.42 Å². The molecule has 3 N–H and O–H groups in total. The molecule has 0 spiro atoms. The summed E-state index contributed by atoms with van der Waals surface area (Å²) in [6.07, 6.45) is 12.2. The smallest absolute Gasteiger partial charge is 0.0911 e. The summed E-state index contributed by atoms with van der Waals surface area (Å²) in [5, 5.41) is 7.20. The average Bonchev–Trinajstić information content (AvgIpc) is 2.04. The molecule has 1 aliphatic carbocycles. The fourth-order valence-electron chi connectivity index (χ4n) is 1.50. The molecule has 1 rings (SSSR count). The van der Waals surface area contributed by atoms with Crippen LogP contribution in [0.1, 0.15) is 19.8 Å². The van der Waals surface area contributed by atoms with Gasteiger partial charge in [0.25, 0.3) is 0 Å². The minimum atomic E-state index is 0.274. The maximum absolute atomic E-state index is 7.20. The molecule has 1 atom stereocenters. The third-order valence-electron chi connectivity index (χ3n) is 2.02. The summed E-state index contributed by atoms with van der Waals surface area (Å²) in [6, 6.07) is 0. The van der Waals surface area contributed by atoms with Crippen molar-refractivity contribution < 1.29 is 0 Å². The zero-order chi connectivity index (χ0) is 9.68. The highest BCUT2D eigenvalue weighted by molar-refractivity contribution is 5.77. The van der Waals surface area contributed by atoms with Crippen LogP contribution < -0.4 is 5.73 Å². The molecule has 0 radical (unpaired) electrons. The first-order valence-corrected chi connectivity index (χ1v) is 4.56. The first-order chi connectivity index (χ1) is 6.22. The van der Waals surface area contributed by atoms with Crippen molar-refractivity contribution in [2.24, 2.45) is 11.7 Å². The van der Waals surface area contributed by atoms with Crippen molar-refractivity contribution in [1.29, 1.82) is 5.41 Å². The van der Waals surface area contributed by atoms with E-state index in [0.29, 0.717) is 12.3 Å². The lowest BCUT2D eigenvalue weighted by atomic mass is 9.93. The molecule has 0 bridgehead atoms. The maximum Gasteiger partial charge on any atom is 0.0911 e. The Morgan fingerprint density at radius 3 is 3.15 bits per heavy atom. The van der Waals surface area contributed by atoms with Crippen LogP contribution in [-0.4, -0.2) is 5.84 Å². The zero-order valence-electron chi connectivity index (χ0n) is 7.96. The van der Waals surface area contributed by atoms with Crippen LogP contribution in [0.15, 0.2) is 36.0 Å². The van der Waals surface area contributed by atoms with E-state index in [1.54, 1.807) is 0 Å². The van der Waals surface area contributed by atoms with Crippen LogP contribution in [0, 0.1) is 11.3 Å². The lowest BCUT2D eigenvalue weighted by molar-refractivity contribution is 0.679. The lowest BCUT2D eigenvalue weighted by Gasteiger charge is -2.13. The summed E-state index contributed by atoms with van der Waals surface area (Å²) in [4.78, 5) is 0. The Morgan fingerprint density at radius 2 is 2.54 bits per heavy atom. The third-order valence-corrected chi connectivity index (χ3v) is 2.02. The van der Waals surface area contributed by atoms with Crippen LogP contribution in [0.4, 0.5) is 0 Å². The first-order valence-electron chi connectivity index (χ1n) is 4.56. The van der Waals surface area contributed by atoms with Crippen molar-refractivity contribution in [2.45, 2.75) is 19.8 Å². The molecule has 0 aliphatic heterocycles. The molecule has 70 valence electrons. The van der Waals surface area contributed by atoms with E-state index in [1.807, 2.05) is 13.0 Å². The van der Waals surface area contributed by atoms with Crippen molar-refractivity contribution in [1.82, 2.24) is 0 Å².